The summed E-state index contributed by atoms with van der Waals surface area (Å²) >= 11 is 0. The predicted octanol–water partition coefficient (Wildman–Crippen LogP) is 6.63. The zero-order valence-electron chi connectivity index (χ0n) is 18.5. The molecule has 0 unspecified atom stereocenters. The summed E-state index contributed by atoms with van der Waals surface area (Å²) < 4.78 is 5.78. The molecule has 0 radical (unpaired) electrons. The van der Waals surface area contributed by atoms with Gasteiger partial charge in [-0.2, -0.15) is 0 Å². The van der Waals surface area contributed by atoms with E-state index < -0.39 is 0 Å². The first-order valence-corrected chi connectivity index (χ1v) is 10.9. The normalized spacial score (nSPS) is 11.2. The Morgan fingerprint density at radius 3 is 2.44 bits per heavy atom. The van der Waals surface area contributed by atoms with E-state index in [9.17, 15) is 5.11 Å². The molecule has 5 heteroatoms. The largest absolute Gasteiger partial charge is 0.507 e. The number of phenols is 1. The van der Waals surface area contributed by atoms with Crippen LogP contribution < -0.4 is 4.74 Å². The summed E-state index contributed by atoms with van der Waals surface area (Å²) in [5.41, 5.74) is 2.07. The quantitative estimate of drug-likeness (QED) is 0.275. The van der Waals surface area contributed by atoms with E-state index >= 15 is 0 Å². The number of aromatic hydroxyl groups is 1. The van der Waals surface area contributed by atoms with Crippen LogP contribution in [0.4, 0.5) is 0 Å². The van der Waals surface area contributed by atoms with Crippen LogP contribution in [0.1, 0.15) is 38.4 Å². The zero-order chi connectivity index (χ0) is 22.8. The molecule has 0 amide bonds. The van der Waals surface area contributed by atoms with Crippen LogP contribution in [0.3, 0.4) is 0 Å². The summed E-state index contributed by atoms with van der Waals surface area (Å²) in [5, 5.41) is 10.7. The molecule has 0 fully saturated rings. The number of ether oxygens (including phenoxy) is 1. The Labute approximate surface area is 189 Å². The van der Waals surface area contributed by atoms with Gasteiger partial charge in [0, 0.05) is 17.2 Å². The highest BCUT2D eigenvalue weighted by molar-refractivity contribution is 5.74. The van der Waals surface area contributed by atoms with Crippen LogP contribution in [0.2, 0.25) is 0 Å². The van der Waals surface area contributed by atoms with Gasteiger partial charge in [-0.05, 0) is 18.6 Å². The molecule has 2 aromatic carbocycles. The number of rotatable bonds is 11. The van der Waals surface area contributed by atoms with E-state index in [0.717, 1.165) is 18.4 Å². The molecule has 1 N–H and O–H groups in total. The number of nitrogens with zero attached hydrogens (tertiary/aromatic N) is 3. The number of unbranched alkanes of at least 4 members (excludes halogenated alkanes) is 3. The summed E-state index contributed by atoms with van der Waals surface area (Å²) in [6.45, 7) is 10.4. The fourth-order valence-corrected chi connectivity index (χ4v) is 3.21. The van der Waals surface area contributed by atoms with E-state index in [4.69, 9.17) is 4.74 Å². The third kappa shape index (κ3) is 5.91. The summed E-state index contributed by atoms with van der Waals surface area (Å²) in [5.74, 6) is 2.02. The molecule has 1 heterocycles. The molecule has 0 aliphatic carbocycles. The number of benzene rings is 2. The highest BCUT2D eigenvalue weighted by atomic mass is 16.5. The minimum atomic E-state index is 0.0556. The molecular formula is C27H29N3O2. The Bertz CT molecular complexity index is 1090. The summed E-state index contributed by atoms with van der Waals surface area (Å²) in [7, 11) is 0. The Balaban J connectivity index is 1.96. The molecule has 1 aromatic heterocycles. The second-order valence-electron chi connectivity index (χ2n) is 7.32. The number of hydrogen-bond donors (Lipinski definition) is 1. The Morgan fingerprint density at radius 1 is 0.969 bits per heavy atom. The number of allylic oxidation sites excluding steroid dienone is 4. The molecular weight excluding hydrogens is 398 g/mol. The van der Waals surface area contributed by atoms with Gasteiger partial charge in [0.05, 0.1) is 12.2 Å². The van der Waals surface area contributed by atoms with Crippen molar-refractivity contribution in [3.05, 3.63) is 85.7 Å². The molecule has 0 spiro atoms. The molecule has 0 saturated heterocycles. The topological polar surface area (TPSA) is 68.1 Å². The molecule has 0 aliphatic rings. The van der Waals surface area contributed by atoms with Gasteiger partial charge in [0.15, 0.2) is 17.5 Å². The molecule has 32 heavy (non-hydrogen) atoms. The monoisotopic (exact) mass is 427 g/mol. The smallest absolute Gasteiger partial charge is 0.167 e. The number of hydrogen-bond acceptors (Lipinski definition) is 5. The molecule has 3 aromatic rings. The summed E-state index contributed by atoms with van der Waals surface area (Å²) in [4.78, 5) is 13.8. The molecule has 164 valence electrons. The standard InChI is InChI=1S/C27H29N3O2/c1-4-7-8-12-18-32-22-16-17-23(24(31)19-22)27-29-25(20(6-3)13-5-2)28-26(30-27)21-14-10-9-11-15-21/h5-6,9-11,13-17,19,31H,2-4,7-8,12,18H2,1H3/b20-13+. The average molecular weight is 428 g/mol. The molecule has 0 bridgehead atoms. The van der Waals surface area contributed by atoms with E-state index in [1.165, 1.54) is 12.8 Å². The average Bonchev–Trinajstić information content (AvgIpc) is 2.82. The SMILES string of the molecule is C=C/C=C(\C=C)c1nc(-c2ccccc2)nc(-c2ccc(OCCCCCC)cc2O)n1. The first-order chi connectivity index (χ1) is 15.7. The minimum Gasteiger partial charge on any atom is -0.507 e. The molecule has 0 saturated carbocycles. The van der Waals surface area contributed by atoms with Crippen molar-refractivity contribution in [2.45, 2.75) is 32.6 Å². The Morgan fingerprint density at radius 2 is 1.75 bits per heavy atom. The molecule has 0 aliphatic heterocycles. The van der Waals surface area contributed by atoms with Crippen molar-refractivity contribution in [1.82, 2.24) is 15.0 Å². The fourth-order valence-electron chi connectivity index (χ4n) is 3.21. The third-order valence-corrected chi connectivity index (χ3v) is 4.92. The van der Waals surface area contributed by atoms with Crippen molar-refractivity contribution in [3.63, 3.8) is 0 Å². The van der Waals surface area contributed by atoms with Gasteiger partial charge >= 0.3 is 0 Å². The fraction of sp³-hybridized carbons (Fsp3) is 0.222. The van der Waals surface area contributed by atoms with Crippen LogP contribution in [0, 0.1) is 0 Å². The highest BCUT2D eigenvalue weighted by Crippen LogP contribution is 2.32. The van der Waals surface area contributed by atoms with Gasteiger partial charge in [-0.1, -0.05) is 87.9 Å². The predicted molar refractivity (Wildman–Crippen MR) is 130 cm³/mol. The van der Waals surface area contributed by atoms with E-state index in [1.807, 2.05) is 36.4 Å². The highest BCUT2D eigenvalue weighted by Gasteiger charge is 2.15. The van der Waals surface area contributed by atoms with Gasteiger partial charge in [0.1, 0.15) is 11.5 Å². The zero-order valence-corrected chi connectivity index (χ0v) is 18.5. The lowest BCUT2D eigenvalue weighted by atomic mass is 10.1. The van der Waals surface area contributed by atoms with Crippen LogP contribution in [-0.2, 0) is 0 Å². The van der Waals surface area contributed by atoms with Gasteiger partial charge in [0.2, 0.25) is 0 Å². The van der Waals surface area contributed by atoms with Crippen LogP contribution in [0.5, 0.6) is 11.5 Å². The maximum Gasteiger partial charge on any atom is 0.167 e. The molecule has 0 atom stereocenters. The third-order valence-electron chi connectivity index (χ3n) is 4.92. The van der Waals surface area contributed by atoms with Crippen molar-refractivity contribution in [3.8, 4) is 34.3 Å². The van der Waals surface area contributed by atoms with E-state index in [0.29, 0.717) is 41.0 Å². The Hall–Kier alpha value is -3.73. The van der Waals surface area contributed by atoms with Crippen molar-refractivity contribution in [1.29, 1.82) is 0 Å². The van der Waals surface area contributed by atoms with Crippen molar-refractivity contribution in [2.75, 3.05) is 6.61 Å². The lowest BCUT2D eigenvalue weighted by Gasteiger charge is -2.11. The summed E-state index contributed by atoms with van der Waals surface area (Å²) in [6.07, 6.45) is 9.64. The van der Waals surface area contributed by atoms with Crippen LogP contribution in [-0.4, -0.2) is 26.7 Å². The van der Waals surface area contributed by atoms with E-state index in [2.05, 4.69) is 35.0 Å². The Kier molecular flexibility index (Phi) is 8.32. The summed E-state index contributed by atoms with van der Waals surface area (Å²) in [6, 6.07) is 14.9. The van der Waals surface area contributed by atoms with Crippen LogP contribution in [0.15, 0.2) is 79.9 Å². The maximum atomic E-state index is 10.7. The van der Waals surface area contributed by atoms with Crippen molar-refractivity contribution >= 4 is 5.57 Å². The minimum absolute atomic E-state index is 0.0556. The van der Waals surface area contributed by atoms with Crippen molar-refractivity contribution in [2.24, 2.45) is 0 Å². The van der Waals surface area contributed by atoms with Gasteiger partial charge in [0.25, 0.3) is 0 Å². The lowest BCUT2D eigenvalue weighted by molar-refractivity contribution is 0.303. The van der Waals surface area contributed by atoms with Gasteiger partial charge < -0.3 is 9.84 Å². The lowest BCUT2D eigenvalue weighted by Crippen LogP contribution is -2.02. The maximum absolute atomic E-state index is 10.7. The molecule has 5 nitrogen and oxygen atoms in total. The first-order valence-electron chi connectivity index (χ1n) is 10.9. The van der Waals surface area contributed by atoms with Gasteiger partial charge in [-0.3, -0.25) is 0 Å². The van der Waals surface area contributed by atoms with Crippen molar-refractivity contribution < 1.29 is 9.84 Å². The van der Waals surface area contributed by atoms with Crippen LogP contribution in [0.25, 0.3) is 28.3 Å². The number of aromatic nitrogens is 3. The van der Waals surface area contributed by atoms with E-state index in [1.54, 1.807) is 30.4 Å². The molecule has 3 rings (SSSR count). The first kappa shape index (κ1) is 22.9. The van der Waals surface area contributed by atoms with Gasteiger partial charge in [-0.15, -0.1) is 0 Å². The second-order valence-corrected chi connectivity index (χ2v) is 7.32. The second kappa shape index (κ2) is 11.6. The number of phenolic OH excluding ortho intramolecular Hbond substituents is 1. The van der Waals surface area contributed by atoms with Gasteiger partial charge in [-0.25, -0.2) is 15.0 Å². The van der Waals surface area contributed by atoms with Crippen LogP contribution >= 0.6 is 0 Å². The van der Waals surface area contributed by atoms with E-state index in [-0.39, 0.29) is 5.75 Å².